The number of alkyl carbamates (subject to hydrolysis) is 1. The molecule has 1 fully saturated rings. The number of hydrogen-bond acceptors (Lipinski definition) is 7. The van der Waals surface area contributed by atoms with Crippen molar-refractivity contribution in [3.8, 4) is 0 Å². The van der Waals surface area contributed by atoms with Crippen LogP contribution < -0.4 is 20.9 Å². The number of anilines is 2. The topological polar surface area (TPSA) is 126 Å². The number of ether oxygens (including phenoxy) is 2. The number of carbonyl (C=O) groups excluding carboxylic acids is 4. The molecule has 1 aromatic carbocycles. The molecule has 3 N–H and O–H groups in total. The second-order valence-corrected chi connectivity index (χ2v) is 11.0. The first-order valence-electron chi connectivity index (χ1n) is 11.8. The molecule has 10 nitrogen and oxygen atoms in total. The molecule has 2 aromatic rings. The normalized spacial score (nSPS) is 14.6. The lowest BCUT2D eigenvalue weighted by Crippen LogP contribution is -2.44. The van der Waals surface area contributed by atoms with Crippen LogP contribution in [-0.4, -0.2) is 61.8 Å². The number of morpholine rings is 1. The largest absolute Gasteiger partial charge is 0.444 e. The standard InChI is InChI=1S/C25H31ClN4O6S/c1-25(2,3)36-24(34)27-12-4-5-18(29-23(33)19-10-11-20(26)37-19)22(32)28-16-6-8-17(9-7-16)30-13-14-35-15-21(30)31/h6-11,18H,4-5,12-15H2,1-3H3,(H,27,34)(H,28,32)(H,29,33). The van der Waals surface area contributed by atoms with Crippen LogP contribution in [0.1, 0.15) is 43.3 Å². The summed E-state index contributed by atoms with van der Waals surface area (Å²) in [5, 5.41) is 8.21. The number of thiophene rings is 1. The van der Waals surface area contributed by atoms with Gasteiger partial charge in [-0.05, 0) is 70.0 Å². The van der Waals surface area contributed by atoms with Gasteiger partial charge in [-0.3, -0.25) is 14.4 Å². The highest BCUT2D eigenvalue weighted by molar-refractivity contribution is 7.18. The molecule has 1 aliphatic heterocycles. The third-order valence-electron chi connectivity index (χ3n) is 5.19. The molecule has 3 rings (SSSR count). The lowest BCUT2D eigenvalue weighted by Gasteiger charge is -2.27. The Bertz CT molecular complexity index is 1120. The molecule has 1 aromatic heterocycles. The van der Waals surface area contributed by atoms with Gasteiger partial charge in [-0.25, -0.2) is 4.79 Å². The van der Waals surface area contributed by atoms with E-state index in [0.29, 0.717) is 40.2 Å². The van der Waals surface area contributed by atoms with Crippen molar-refractivity contribution < 1.29 is 28.7 Å². The molecular weight excluding hydrogens is 520 g/mol. The average Bonchev–Trinajstić information content (AvgIpc) is 3.27. The minimum atomic E-state index is -0.866. The van der Waals surface area contributed by atoms with Crippen molar-refractivity contribution in [3.05, 3.63) is 45.6 Å². The van der Waals surface area contributed by atoms with Crippen molar-refractivity contribution in [3.63, 3.8) is 0 Å². The smallest absolute Gasteiger partial charge is 0.407 e. The van der Waals surface area contributed by atoms with Crippen LogP contribution in [0.15, 0.2) is 36.4 Å². The summed E-state index contributed by atoms with van der Waals surface area (Å²) in [6, 6.07) is 9.20. The fourth-order valence-corrected chi connectivity index (χ4v) is 4.44. The molecule has 0 radical (unpaired) electrons. The van der Waals surface area contributed by atoms with Gasteiger partial charge in [0.25, 0.3) is 11.8 Å². The molecule has 4 amide bonds. The predicted octanol–water partition coefficient (Wildman–Crippen LogP) is 3.81. The molecule has 1 atom stereocenters. The molecule has 0 spiro atoms. The first-order valence-corrected chi connectivity index (χ1v) is 13.0. The van der Waals surface area contributed by atoms with E-state index >= 15 is 0 Å². The van der Waals surface area contributed by atoms with Crippen LogP contribution in [0.5, 0.6) is 0 Å². The fourth-order valence-electron chi connectivity index (χ4n) is 3.49. The van der Waals surface area contributed by atoms with Crippen LogP contribution >= 0.6 is 22.9 Å². The van der Waals surface area contributed by atoms with Crippen LogP contribution in [0.3, 0.4) is 0 Å². The molecule has 2 heterocycles. The van der Waals surface area contributed by atoms with Crippen molar-refractivity contribution >= 4 is 58.1 Å². The minimum Gasteiger partial charge on any atom is -0.444 e. The molecule has 1 saturated heterocycles. The van der Waals surface area contributed by atoms with Crippen molar-refractivity contribution in [1.29, 1.82) is 0 Å². The van der Waals surface area contributed by atoms with Gasteiger partial charge in [0, 0.05) is 24.5 Å². The molecule has 12 heteroatoms. The molecule has 1 unspecified atom stereocenters. The van der Waals surface area contributed by atoms with Gasteiger partial charge in [0.15, 0.2) is 0 Å². The molecule has 0 saturated carbocycles. The van der Waals surface area contributed by atoms with E-state index in [1.165, 1.54) is 0 Å². The number of carbonyl (C=O) groups is 4. The highest BCUT2D eigenvalue weighted by Crippen LogP contribution is 2.22. The number of nitrogens with zero attached hydrogens (tertiary/aromatic N) is 1. The zero-order chi connectivity index (χ0) is 27.0. The summed E-state index contributed by atoms with van der Waals surface area (Å²) in [7, 11) is 0. The fraction of sp³-hybridized carbons (Fsp3) is 0.440. The maximum absolute atomic E-state index is 13.1. The Morgan fingerprint density at radius 2 is 1.89 bits per heavy atom. The monoisotopic (exact) mass is 550 g/mol. The van der Waals surface area contributed by atoms with Gasteiger partial charge < -0.3 is 30.3 Å². The van der Waals surface area contributed by atoms with Crippen LogP contribution in [0, 0.1) is 0 Å². The highest BCUT2D eigenvalue weighted by Gasteiger charge is 2.24. The predicted molar refractivity (Wildman–Crippen MR) is 142 cm³/mol. The van der Waals surface area contributed by atoms with E-state index in [1.54, 1.807) is 62.1 Å². The van der Waals surface area contributed by atoms with Gasteiger partial charge in [0.1, 0.15) is 18.2 Å². The number of halogens is 1. The quantitative estimate of drug-likeness (QED) is 0.408. The van der Waals surface area contributed by atoms with E-state index in [9.17, 15) is 19.2 Å². The van der Waals surface area contributed by atoms with Crippen molar-refractivity contribution in [2.24, 2.45) is 0 Å². The van der Waals surface area contributed by atoms with E-state index in [0.717, 1.165) is 11.3 Å². The van der Waals surface area contributed by atoms with Gasteiger partial charge in [0.2, 0.25) is 5.91 Å². The van der Waals surface area contributed by atoms with Gasteiger partial charge in [-0.1, -0.05) is 11.6 Å². The lowest BCUT2D eigenvalue weighted by molar-refractivity contribution is -0.125. The SMILES string of the molecule is CC(C)(C)OC(=O)NCCCC(NC(=O)c1ccc(Cl)s1)C(=O)Nc1ccc(N2CCOCC2=O)cc1. The summed E-state index contributed by atoms with van der Waals surface area (Å²) in [6.45, 7) is 6.53. The van der Waals surface area contributed by atoms with Crippen LogP contribution in [0.25, 0.3) is 0 Å². The Labute approximate surface area is 224 Å². The maximum atomic E-state index is 13.1. The molecule has 0 aliphatic carbocycles. The number of amides is 4. The Morgan fingerprint density at radius 1 is 1.16 bits per heavy atom. The van der Waals surface area contributed by atoms with Gasteiger partial charge in [-0.15, -0.1) is 11.3 Å². The Kier molecular flexibility index (Phi) is 9.90. The van der Waals surface area contributed by atoms with Gasteiger partial charge in [0.05, 0.1) is 15.8 Å². The minimum absolute atomic E-state index is 0.0398. The first kappa shape index (κ1) is 28.4. The second kappa shape index (κ2) is 12.9. The van der Waals surface area contributed by atoms with E-state index in [-0.39, 0.29) is 25.5 Å². The van der Waals surface area contributed by atoms with Gasteiger partial charge in [-0.2, -0.15) is 0 Å². The zero-order valence-electron chi connectivity index (χ0n) is 21.0. The highest BCUT2D eigenvalue weighted by atomic mass is 35.5. The number of rotatable bonds is 9. The summed E-state index contributed by atoms with van der Waals surface area (Å²) in [6.07, 6.45) is 0.137. The maximum Gasteiger partial charge on any atom is 0.407 e. The Morgan fingerprint density at radius 3 is 2.51 bits per heavy atom. The number of nitrogens with one attached hydrogen (secondary N) is 3. The number of benzene rings is 1. The van der Waals surface area contributed by atoms with E-state index in [2.05, 4.69) is 16.0 Å². The number of hydrogen-bond donors (Lipinski definition) is 3. The van der Waals surface area contributed by atoms with Crippen molar-refractivity contribution in [1.82, 2.24) is 10.6 Å². The molecule has 37 heavy (non-hydrogen) atoms. The summed E-state index contributed by atoms with van der Waals surface area (Å²) in [5.74, 6) is -0.957. The Hall–Kier alpha value is -3.15. The van der Waals surface area contributed by atoms with Crippen molar-refractivity contribution in [2.45, 2.75) is 45.3 Å². The molecule has 1 aliphatic rings. The summed E-state index contributed by atoms with van der Waals surface area (Å²) < 4.78 is 10.8. The third-order valence-corrected chi connectivity index (χ3v) is 6.42. The van der Waals surface area contributed by atoms with Crippen LogP contribution in [-0.2, 0) is 19.1 Å². The summed E-state index contributed by atoms with van der Waals surface area (Å²) >= 11 is 7.06. The van der Waals surface area contributed by atoms with Crippen LogP contribution in [0.2, 0.25) is 4.34 Å². The molecular formula is C25H31ClN4O6S. The van der Waals surface area contributed by atoms with E-state index in [4.69, 9.17) is 21.1 Å². The second-order valence-electron chi connectivity index (χ2n) is 9.33. The van der Waals surface area contributed by atoms with Crippen LogP contribution in [0.4, 0.5) is 16.2 Å². The summed E-state index contributed by atoms with van der Waals surface area (Å²) in [5.41, 5.74) is 0.603. The zero-order valence-corrected chi connectivity index (χ0v) is 22.5. The molecule has 200 valence electrons. The van der Waals surface area contributed by atoms with Gasteiger partial charge >= 0.3 is 6.09 Å². The lowest BCUT2D eigenvalue weighted by atomic mass is 10.1. The van der Waals surface area contributed by atoms with E-state index < -0.39 is 29.6 Å². The molecule has 0 bridgehead atoms. The average molecular weight is 551 g/mol. The summed E-state index contributed by atoms with van der Waals surface area (Å²) in [4.78, 5) is 51.7. The Balaban J connectivity index is 1.61. The first-order chi connectivity index (χ1) is 17.5. The van der Waals surface area contributed by atoms with Crippen molar-refractivity contribution in [2.75, 3.05) is 36.5 Å². The van der Waals surface area contributed by atoms with E-state index in [1.807, 2.05) is 0 Å². The third kappa shape index (κ3) is 9.03.